The van der Waals surface area contributed by atoms with Gasteiger partial charge in [-0.05, 0) is 61.7 Å². The number of piperazine rings is 1. The number of hydrogen-bond donors (Lipinski definition) is 0. The molecular weight excluding hydrogens is 496 g/mol. The van der Waals surface area contributed by atoms with Crippen LogP contribution in [0, 0.1) is 0 Å². The van der Waals surface area contributed by atoms with Crippen LogP contribution in [0.4, 0.5) is 5.13 Å². The standard InChI is InChI=1S/C26H32N4O4S2/c1-3-20-6-4-5-13-30(20)36(32,33)22-10-7-19(8-11-22)25(31)28-14-16-29(17-15-28)26-27-23-12-9-21(34-2)18-24(23)35-26/h7-12,18,20H,3-6,13-17H2,1-2H3. The van der Waals surface area contributed by atoms with Crippen molar-refractivity contribution in [1.29, 1.82) is 0 Å². The number of methoxy groups -OCH3 is 1. The topological polar surface area (TPSA) is 83.1 Å². The predicted octanol–water partition coefficient (Wildman–Crippen LogP) is 4.22. The summed E-state index contributed by atoms with van der Waals surface area (Å²) < 4.78 is 34.5. The molecule has 3 aromatic rings. The largest absolute Gasteiger partial charge is 0.497 e. The van der Waals surface area contributed by atoms with E-state index in [-0.39, 0.29) is 16.8 Å². The Bertz CT molecular complexity index is 1330. The molecule has 0 N–H and O–H groups in total. The molecule has 2 fully saturated rings. The number of piperidine rings is 1. The van der Waals surface area contributed by atoms with Gasteiger partial charge >= 0.3 is 0 Å². The highest BCUT2D eigenvalue weighted by Gasteiger charge is 2.32. The molecule has 3 heterocycles. The zero-order valence-corrected chi connectivity index (χ0v) is 22.4. The van der Waals surface area contributed by atoms with Crippen molar-refractivity contribution in [3.05, 3.63) is 48.0 Å². The average molecular weight is 529 g/mol. The molecule has 192 valence electrons. The molecule has 36 heavy (non-hydrogen) atoms. The average Bonchev–Trinajstić information content (AvgIpc) is 3.36. The van der Waals surface area contributed by atoms with Crippen molar-refractivity contribution < 1.29 is 17.9 Å². The number of thiazole rings is 1. The summed E-state index contributed by atoms with van der Waals surface area (Å²) in [5.74, 6) is 0.741. The van der Waals surface area contributed by atoms with Crippen LogP contribution in [0.1, 0.15) is 43.0 Å². The highest BCUT2D eigenvalue weighted by atomic mass is 32.2. The van der Waals surface area contributed by atoms with Gasteiger partial charge in [0.1, 0.15) is 5.75 Å². The van der Waals surface area contributed by atoms with Gasteiger partial charge in [0.05, 0.1) is 22.2 Å². The minimum Gasteiger partial charge on any atom is -0.497 e. The van der Waals surface area contributed by atoms with Gasteiger partial charge in [-0.25, -0.2) is 13.4 Å². The number of aromatic nitrogens is 1. The van der Waals surface area contributed by atoms with E-state index in [2.05, 4.69) is 4.90 Å². The number of ether oxygens (including phenoxy) is 1. The Hall–Kier alpha value is -2.69. The van der Waals surface area contributed by atoms with E-state index in [1.54, 1.807) is 47.0 Å². The lowest BCUT2D eigenvalue weighted by Gasteiger charge is -2.35. The van der Waals surface area contributed by atoms with Gasteiger partial charge in [-0.1, -0.05) is 24.7 Å². The molecule has 2 saturated heterocycles. The first kappa shape index (κ1) is 25.0. The first-order valence-electron chi connectivity index (χ1n) is 12.5. The van der Waals surface area contributed by atoms with Crippen LogP contribution in [0.25, 0.3) is 10.2 Å². The van der Waals surface area contributed by atoms with Crippen LogP contribution in [0.15, 0.2) is 47.4 Å². The smallest absolute Gasteiger partial charge is 0.253 e. The summed E-state index contributed by atoms with van der Waals surface area (Å²) in [6.45, 7) is 5.17. The number of fused-ring (bicyclic) bond motifs is 1. The SMILES string of the molecule is CCC1CCCCN1S(=O)(=O)c1ccc(C(=O)N2CCN(c3nc4ccc(OC)cc4s3)CC2)cc1. The van der Waals surface area contributed by atoms with E-state index >= 15 is 0 Å². The summed E-state index contributed by atoms with van der Waals surface area (Å²) in [4.78, 5) is 22.2. The third-order valence-electron chi connectivity index (χ3n) is 7.17. The molecule has 1 amide bonds. The number of benzene rings is 2. The summed E-state index contributed by atoms with van der Waals surface area (Å²) in [5, 5.41) is 0.947. The number of rotatable bonds is 6. The van der Waals surface area contributed by atoms with Crippen molar-refractivity contribution in [3.63, 3.8) is 0 Å². The van der Waals surface area contributed by atoms with Gasteiger partial charge < -0.3 is 14.5 Å². The minimum absolute atomic E-state index is 0.0545. The molecule has 8 nitrogen and oxygen atoms in total. The van der Waals surface area contributed by atoms with Gasteiger partial charge in [0, 0.05) is 44.3 Å². The zero-order chi connectivity index (χ0) is 25.3. The lowest BCUT2D eigenvalue weighted by Crippen LogP contribution is -2.48. The molecule has 0 radical (unpaired) electrons. The van der Waals surface area contributed by atoms with Crippen molar-refractivity contribution >= 4 is 42.6 Å². The number of carbonyl (C=O) groups excluding carboxylic acids is 1. The molecule has 0 saturated carbocycles. The third kappa shape index (κ3) is 4.81. The van der Waals surface area contributed by atoms with Crippen LogP contribution in [0.3, 0.4) is 0 Å². The number of nitrogens with zero attached hydrogens (tertiary/aromatic N) is 4. The van der Waals surface area contributed by atoms with Gasteiger partial charge in [-0.2, -0.15) is 4.31 Å². The Balaban J connectivity index is 1.23. The highest BCUT2D eigenvalue weighted by molar-refractivity contribution is 7.89. The molecular formula is C26H32N4O4S2. The van der Waals surface area contributed by atoms with E-state index in [4.69, 9.17) is 9.72 Å². The molecule has 2 aromatic carbocycles. The second kappa shape index (κ2) is 10.4. The lowest BCUT2D eigenvalue weighted by molar-refractivity contribution is 0.0746. The van der Waals surface area contributed by atoms with Gasteiger partial charge in [-0.15, -0.1) is 0 Å². The maximum atomic E-state index is 13.2. The number of sulfonamides is 1. The predicted molar refractivity (Wildman–Crippen MR) is 143 cm³/mol. The lowest BCUT2D eigenvalue weighted by atomic mass is 10.0. The number of anilines is 1. The van der Waals surface area contributed by atoms with Crippen LogP contribution in [-0.4, -0.2) is 74.4 Å². The Kier molecular flexibility index (Phi) is 7.18. The number of amides is 1. The van der Waals surface area contributed by atoms with Gasteiger partial charge in [0.25, 0.3) is 5.91 Å². The Morgan fingerprint density at radius 1 is 1.06 bits per heavy atom. The van der Waals surface area contributed by atoms with Crippen molar-refractivity contribution in [3.8, 4) is 5.75 Å². The molecule has 10 heteroatoms. The van der Waals surface area contributed by atoms with Crippen LogP contribution in [0.2, 0.25) is 0 Å². The normalized spacial score (nSPS) is 19.6. The molecule has 1 aromatic heterocycles. The fraction of sp³-hybridized carbons (Fsp3) is 0.462. The summed E-state index contributed by atoms with van der Waals surface area (Å²) in [7, 11) is -1.90. The van der Waals surface area contributed by atoms with E-state index in [0.717, 1.165) is 46.8 Å². The van der Waals surface area contributed by atoms with Gasteiger partial charge in [0.15, 0.2) is 5.13 Å². The van der Waals surface area contributed by atoms with E-state index in [1.165, 1.54) is 0 Å². The van der Waals surface area contributed by atoms with E-state index in [0.29, 0.717) is 38.3 Å². The number of hydrogen-bond acceptors (Lipinski definition) is 7. The van der Waals surface area contributed by atoms with Crippen molar-refractivity contribution in [2.45, 2.75) is 43.5 Å². The fourth-order valence-corrected chi connectivity index (χ4v) is 7.85. The second-order valence-electron chi connectivity index (χ2n) is 9.31. The Labute approximate surface area is 216 Å². The third-order valence-corrected chi connectivity index (χ3v) is 10.2. The summed E-state index contributed by atoms with van der Waals surface area (Å²) >= 11 is 1.63. The summed E-state index contributed by atoms with van der Waals surface area (Å²) in [5.41, 5.74) is 1.46. The van der Waals surface area contributed by atoms with Gasteiger partial charge in [0.2, 0.25) is 10.0 Å². The van der Waals surface area contributed by atoms with Crippen molar-refractivity contribution in [1.82, 2.24) is 14.2 Å². The maximum Gasteiger partial charge on any atom is 0.253 e. The van der Waals surface area contributed by atoms with Crippen LogP contribution in [0.5, 0.6) is 5.75 Å². The number of carbonyl (C=O) groups is 1. The molecule has 0 aliphatic carbocycles. The first-order chi connectivity index (χ1) is 17.4. The molecule has 5 rings (SSSR count). The monoisotopic (exact) mass is 528 g/mol. The Morgan fingerprint density at radius 3 is 2.50 bits per heavy atom. The van der Waals surface area contributed by atoms with E-state index in [9.17, 15) is 13.2 Å². The van der Waals surface area contributed by atoms with Crippen molar-refractivity contribution in [2.24, 2.45) is 0 Å². The summed E-state index contributed by atoms with van der Waals surface area (Å²) in [6, 6.07) is 12.4. The van der Waals surface area contributed by atoms with Crippen LogP contribution in [-0.2, 0) is 10.0 Å². The maximum absolute atomic E-state index is 13.2. The molecule has 2 aliphatic rings. The fourth-order valence-electron chi connectivity index (χ4n) is 5.04. The van der Waals surface area contributed by atoms with Crippen LogP contribution >= 0.6 is 11.3 Å². The first-order valence-corrected chi connectivity index (χ1v) is 14.8. The van der Waals surface area contributed by atoms with Gasteiger partial charge in [-0.3, -0.25) is 4.79 Å². The summed E-state index contributed by atoms with van der Waals surface area (Å²) in [6.07, 6.45) is 3.68. The molecule has 0 bridgehead atoms. The quantitative estimate of drug-likeness (QED) is 0.476. The molecule has 1 atom stereocenters. The molecule has 0 spiro atoms. The highest BCUT2D eigenvalue weighted by Crippen LogP contribution is 2.32. The zero-order valence-electron chi connectivity index (χ0n) is 20.7. The molecule has 2 aliphatic heterocycles. The van der Waals surface area contributed by atoms with Crippen LogP contribution < -0.4 is 9.64 Å². The Morgan fingerprint density at radius 2 is 1.81 bits per heavy atom. The minimum atomic E-state index is -3.56. The molecule has 1 unspecified atom stereocenters. The van der Waals surface area contributed by atoms with Crippen molar-refractivity contribution in [2.75, 3.05) is 44.7 Å². The van der Waals surface area contributed by atoms with E-state index in [1.807, 2.05) is 30.0 Å². The van der Waals surface area contributed by atoms with E-state index < -0.39 is 10.0 Å². The second-order valence-corrected chi connectivity index (χ2v) is 12.2.